The maximum atomic E-state index is 14.2. The van der Waals surface area contributed by atoms with Gasteiger partial charge in [0.2, 0.25) is 20.0 Å². The van der Waals surface area contributed by atoms with E-state index in [2.05, 4.69) is 27.2 Å². The lowest BCUT2D eigenvalue weighted by Crippen LogP contribution is -2.36. The molecule has 0 bridgehead atoms. The van der Waals surface area contributed by atoms with Gasteiger partial charge < -0.3 is 15.0 Å². The number of hydrogen-bond donors (Lipinski definition) is 2. The van der Waals surface area contributed by atoms with Crippen LogP contribution in [0.4, 0.5) is 32.6 Å². The van der Waals surface area contributed by atoms with Crippen LogP contribution in [0.1, 0.15) is 36.8 Å². The van der Waals surface area contributed by atoms with Crippen LogP contribution in [0.5, 0.6) is 0 Å². The zero-order valence-electron chi connectivity index (χ0n) is 27.8. The van der Waals surface area contributed by atoms with Crippen LogP contribution in [-0.2, 0) is 44.1 Å². The van der Waals surface area contributed by atoms with Crippen LogP contribution >= 0.6 is 11.6 Å². The molecule has 4 rings (SSSR count). The molecule has 13 nitrogen and oxygen atoms in total. The largest absolute Gasteiger partial charge is 0.772 e. The second-order valence-electron chi connectivity index (χ2n) is 12.3. The summed E-state index contributed by atoms with van der Waals surface area (Å²) >= 11 is 3.92. The molecule has 0 saturated carbocycles. The molecule has 2 heterocycles. The molecule has 0 radical (unpaired) electrons. The Bertz CT molecular complexity index is 2360. The summed E-state index contributed by atoms with van der Waals surface area (Å²) in [6.45, 7) is 1.14. The van der Waals surface area contributed by atoms with Gasteiger partial charge >= 0.3 is 12.3 Å². The number of rotatable bonds is 11. The molecule has 2 aromatic carbocycles. The van der Waals surface area contributed by atoms with Crippen molar-refractivity contribution in [2.24, 2.45) is 5.41 Å². The van der Waals surface area contributed by atoms with Crippen LogP contribution in [0.25, 0.3) is 22.0 Å². The summed E-state index contributed by atoms with van der Waals surface area (Å²) in [6, 6.07) is 5.67. The van der Waals surface area contributed by atoms with E-state index < -0.39 is 101 Å². The normalized spacial score (nSPS) is 13.6. The molecular formula is C31H28ClF5N5O8S3-. The average molecular weight is 825 g/mol. The molecular weight excluding hydrogens is 797 g/mol. The lowest BCUT2D eigenvalue weighted by molar-refractivity contribution is -0.141. The Hall–Kier alpha value is -4.36. The third-order valence-electron chi connectivity index (χ3n) is 7.14. The van der Waals surface area contributed by atoms with Gasteiger partial charge in [-0.05, 0) is 62.1 Å². The minimum Gasteiger partial charge on any atom is -0.772 e. The predicted molar refractivity (Wildman–Crippen MR) is 185 cm³/mol. The molecule has 4 aromatic rings. The maximum Gasteiger partial charge on any atom is 0.408 e. The summed E-state index contributed by atoms with van der Waals surface area (Å²) in [5.74, 6) is 2.02. The van der Waals surface area contributed by atoms with E-state index in [4.69, 9.17) is 11.6 Å². The number of hydrogen-bond acceptors (Lipinski definition) is 9. The van der Waals surface area contributed by atoms with Gasteiger partial charge in [0.05, 0.1) is 40.2 Å². The number of halogens is 6. The number of anilines is 1. The molecule has 2 N–H and O–H groups in total. The number of benzene rings is 2. The van der Waals surface area contributed by atoms with Gasteiger partial charge in [0.25, 0.3) is 0 Å². The van der Waals surface area contributed by atoms with E-state index in [1.165, 1.54) is 32.0 Å². The molecule has 1 unspecified atom stereocenters. The van der Waals surface area contributed by atoms with E-state index in [9.17, 15) is 57.5 Å². The van der Waals surface area contributed by atoms with Gasteiger partial charge in [0, 0.05) is 28.4 Å². The Morgan fingerprint density at radius 1 is 1.06 bits per heavy atom. The SMILES string of the molecule is CC(C)(C#Cc1ccc(-c2ccc(Cl)c3c(N(S(C)(=O)=O)S(C)(=O)=O)nn(CC(F)(F)F)c23)c([C@H](Cc2cc(F)cc(F)c2)NC(=O)O)n1)CS(=O)[O-]. The van der Waals surface area contributed by atoms with E-state index in [0.29, 0.717) is 18.6 Å². The van der Waals surface area contributed by atoms with Crippen LogP contribution in [-0.4, -0.2) is 76.0 Å². The zero-order chi connectivity index (χ0) is 39.8. The Morgan fingerprint density at radius 2 is 1.64 bits per heavy atom. The van der Waals surface area contributed by atoms with Gasteiger partial charge in [0.15, 0.2) is 5.82 Å². The molecule has 286 valence electrons. The van der Waals surface area contributed by atoms with Crippen LogP contribution < -0.4 is 9.03 Å². The van der Waals surface area contributed by atoms with Gasteiger partial charge in [-0.2, -0.15) is 18.3 Å². The van der Waals surface area contributed by atoms with Gasteiger partial charge in [-0.3, -0.25) is 8.89 Å². The van der Waals surface area contributed by atoms with Crippen molar-refractivity contribution < 1.29 is 57.5 Å². The second-order valence-corrected chi connectivity index (χ2v) is 17.5. The van der Waals surface area contributed by atoms with Crippen LogP contribution in [0, 0.1) is 28.9 Å². The van der Waals surface area contributed by atoms with Gasteiger partial charge in [-0.1, -0.05) is 34.7 Å². The third-order valence-corrected chi connectivity index (χ3v) is 11.6. The van der Waals surface area contributed by atoms with E-state index in [0.717, 1.165) is 18.2 Å². The minimum absolute atomic E-state index is 0.0767. The van der Waals surface area contributed by atoms with E-state index in [1.54, 1.807) is 0 Å². The van der Waals surface area contributed by atoms with Gasteiger partial charge in [-0.15, -0.1) is 3.71 Å². The lowest BCUT2D eigenvalue weighted by atomic mass is 9.93. The number of sulfonamides is 2. The van der Waals surface area contributed by atoms with Crippen molar-refractivity contribution in [2.45, 2.75) is 39.0 Å². The first-order valence-electron chi connectivity index (χ1n) is 14.8. The fraction of sp³-hybridized carbons (Fsp3) is 0.323. The summed E-state index contributed by atoms with van der Waals surface area (Å²) in [5, 5.41) is 14.8. The summed E-state index contributed by atoms with van der Waals surface area (Å²) in [6.07, 6.45) is -6.20. The molecule has 2 atom stereocenters. The highest BCUT2D eigenvalue weighted by Crippen LogP contribution is 2.42. The molecule has 22 heteroatoms. The number of alkyl halides is 3. The molecule has 0 aliphatic rings. The van der Waals surface area contributed by atoms with Crippen molar-refractivity contribution in [1.82, 2.24) is 20.1 Å². The standard InChI is InChI=1S/C31H29ClF5N5O8S3/c1-30(2,16-51(45)46)10-9-20-5-6-21(26(38-20)24(39-29(43)44)13-17-11-18(33)14-19(34)12-17)22-7-8-23(32)25-27(22)41(15-31(35,36)37)40-28(25)42(52(3,47)48)53(4,49)50/h5-8,11-12,14,24,39H,13,15-16H2,1-4H3,(H,43,44)(H,45,46)/p-1/t24-/m0/s1. The molecule has 53 heavy (non-hydrogen) atoms. The minimum atomic E-state index is -5.02. The van der Waals surface area contributed by atoms with Crippen molar-refractivity contribution in [3.8, 4) is 23.0 Å². The molecule has 0 aliphatic carbocycles. The molecule has 2 aromatic heterocycles. The van der Waals surface area contributed by atoms with Gasteiger partial charge in [0.1, 0.15) is 23.9 Å². The summed E-state index contributed by atoms with van der Waals surface area (Å²) < 4.78 is 144. The summed E-state index contributed by atoms with van der Waals surface area (Å²) in [7, 11) is -9.55. The Morgan fingerprint density at radius 3 is 2.17 bits per heavy atom. The quantitative estimate of drug-likeness (QED) is 0.117. The highest BCUT2D eigenvalue weighted by Gasteiger charge is 2.37. The first-order valence-corrected chi connectivity index (χ1v) is 20.1. The zero-order valence-corrected chi connectivity index (χ0v) is 31.0. The molecule has 0 spiro atoms. The fourth-order valence-electron chi connectivity index (χ4n) is 5.38. The van der Waals surface area contributed by atoms with Crippen LogP contribution in [0.2, 0.25) is 5.02 Å². The molecule has 1 amide bonds. The number of fused-ring (bicyclic) bond motifs is 1. The summed E-state index contributed by atoms with van der Waals surface area (Å²) in [4.78, 5) is 16.5. The molecule has 0 saturated heterocycles. The molecule has 0 aliphatic heterocycles. The van der Waals surface area contributed by atoms with Crippen LogP contribution in [0.3, 0.4) is 0 Å². The Balaban J connectivity index is 2.15. The van der Waals surface area contributed by atoms with Gasteiger partial charge in [-0.25, -0.2) is 35.4 Å². The first-order chi connectivity index (χ1) is 24.3. The predicted octanol–water partition coefficient (Wildman–Crippen LogP) is 5.13. The van der Waals surface area contributed by atoms with Crippen molar-refractivity contribution in [3.05, 3.63) is 76.1 Å². The topological polar surface area (TPSA) is 192 Å². The number of carboxylic acid groups (broad SMARTS) is 1. The Labute approximate surface area is 307 Å². The van der Waals surface area contributed by atoms with E-state index >= 15 is 0 Å². The first kappa shape index (κ1) is 41.4. The van der Waals surface area contributed by atoms with E-state index in [-0.39, 0.29) is 42.2 Å². The van der Waals surface area contributed by atoms with Crippen molar-refractivity contribution >= 4 is 65.5 Å². The van der Waals surface area contributed by atoms with Crippen molar-refractivity contribution in [3.63, 3.8) is 0 Å². The second kappa shape index (κ2) is 15.2. The number of pyridine rings is 1. The number of nitrogens with one attached hydrogen (secondary N) is 1. The van der Waals surface area contributed by atoms with Crippen LogP contribution in [0.15, 0.2) is 42.5 Å². The lowest BCUT2D eigenvalue weighted by Gasteiger charge is -2.22. The average Bonchev–Trinajstić information content (AvgIpc) is 3.30. The molecule has 0 fully saturated rings. The maximum absolute atomic E-state index is 14.2. The fourth-order valence-corrected chi connectivity index (χ4v) is 9.13. The number of aromatic nitrogens is 3. The highest BCUT2D eigenvalue weighted by atomic mass is 35.5. The third kappa shape index (κ3) is 10.4. The number of nitrogens with zero attached hydrogens (tertiary/aromatic N) is 4. The number of amides is 1. The monoisotopic (exact) mass is 824 g/mol. The van der Waals surface area contributed by atoms with Crippen molar-refractivity contribution in [2.75, 3.05) is 22.0 Å². The Kier molecular flexibility index (Phi) is 11.9. The number of carbonyl (C=O) groups is 1. The summed E-state index contributed by atoms with van der Waals surface area (Å²) in [5.41, 5.74) is -2.48. The van der Waals surface area contributed by atoms with E-state index in [1.807, 2.05) is 0 Å². The smallest absolute Gasteiger partial charge is 0.408 e. The highest BCUT2D eigenvalue weighted by molar-refractivity contribution is 8.09. The van der Waals surface area contributed by atoms with Crippen molar-refractivity contribution in [1.29, 1.82) is 0 Å².